The maximum atomic E-state index is 10.5. The van der Waals surface area contributed by atoms with Crippen molar-refractivity contribution in [3.05, 3.63) is 37.5 Å². The molecule has 0 fully saturated rings. The highest BCUT2D eigenvalue weighted by molar-refractivity contribution is 5.92. The molecule has 6 nitrogen and oxygen atoms in total. The van der Waals surface area contributed by atoms with E-state index in [1.165, 1.54) is 6.08 Å². The first-order valence-electron chi connectivity index (χ1n) is 7.07. The minimum absolute atomic E-state index is 0.189. The van der Waals surface area contributed by atoms with Crippen LogP contribution in [0.3, 0.4) is 0 Å². The van der Waals surface area contributed by atoms with Crippen LogP contribution in [-0.4, -0.2) is 29.6 Å². The van der Waals surface area contributed by atoms with Crippen molar-refractivity contribution in [2.45, 2.75) is 40.5 Å². The Morgan fingerprint density at radius 2 is 1.61 bits per heavy atom. The van der Waals surface area contributed by atoms with Crippen molar-refractivity contribution in [1.82, 2.24) is 0 Å². The predicted octanol–water partition coefficient (Wildman–Crippen LogP) is 2.85. The summed E-state index contributed by atoms with van der Waals surface area (Å²) < 4.78 is 4.67. The normalized spacial score (nSPS) is 9.04. The maximum Gasteiger partial charge on any atom is 0.330 e. The van der Waals surface area contributed by atoms with Crippen molar-refractivity contribution >= 4 is 17.8 Å². The van der Waals surface area contributed by atoms with E-state index in [0.29, 0.717) is 12.2 Å². The van der Waals surface area contributed by atoms with Gasteiger partial charge in [-0.25, -0.2) is 9.59 Å². The molecule has 0 aliphatic heterocycles. The molecule has 0 bridgehead atoms. The lowest BCUT2D eigenvalue weighted by atomic mass is 9.87. The van der Waals surface area contributed by atoms with E-state index in [2.05, 4.69) is 24.5 Å². The smallest absolute Gasteiger partial charge is 0.330 e. The molecule has 0 aromatic carbocycles. The minimum Gasteiger partial charge on any atom is -0.478 e. The van der Waals surface area contributed by atoms with Gasteiger partial charge < -0.3 is 15.6 Å². The number of hydrogen-bond acceptors (Lipinski definition) is 4. The molecule has 3 N–H and O–H groups in total. The largest absolute Gasteiger partial charge is 0.478 e. The van der Waals surface area contributed by atoms with Gasteiger partial charge in [0, 0.05) is 17.7 Å². The Labute approximate surface area is 138 Å². The van der Waals surface area contributed by atoms with Gasteiger partial charge in [0.25, 0.3) is 0 Å². The number of aliphatic carboxylic acids is 1. The van der Waals surface area contributed by atoms with Crippen LogP contribution >= 0.6 is 0 Å². The number of rotatable bonds is 6. The fourth-order valence-corrected chi connectivity index (χ4v) is 0.746. The number of esters is 1. The molecule has 0 saturated heterocycles. The summed E-state index contributed by atoms with van der Waals surface area (Å²) in [6, 6.07) is 0. The van der Waals surface area contributed by atoms with Crippen LogP contribution in [0.5, 0.6) is 0 Å². The van der Waals surface area contributed by atoms with Crippen molar-refractivity contribution in [2.24, 2.45) is 11.1 Å². The van der Waals surface area contributed by atoms with Crippen LogP contribution in [0, 0.1) is 5.41 Å². The van der Waals surface area contributed by atoms with Crippen molar-refractivity contribution in [2.75, 3.05) is 6.61 Å². The third-order valence-corrected chi connectivity index (χ3v) is 2.29. The number of carboxylic acid groups (broad SMARTS) is 1. The van der Waals surface area contributed by atoms with Crippen LogP contribution in [0.15, 0.2) is 37.5 Å². The van der Waals surface area contributed by atoms with E-state index in [-0.39, 0.29) is 11.4 Å². The van der Waals surface area contributed by atoms with Gasteiger partial charge in [0.2, 0.25) is 5.91 Å². The van der Waals surface area contributed by atoms with Crippen molar-refractivity contribution in [3.63, 3.8) is 0 Å². The molecule has 0 saturated carbocycles. The summed E-state index contributed by atoms with van der Waals surface area (Å²) in [6.45, 7) is 18.0. The van der Waals surface area contributed by atoms with Gasteiger partial charge in [0.05, 0.1) is 6.61 Å². The highest BCUT2D eigenvalue weighted by Gasteiger charge is 2.18. The summed E-state index contributed by atoms with van der Waals surface area (Å²) in [7, 11) is 0. The number of carbonyl (C=O) groups is 3. The van der Waals surface area contributed by atoms with Gasteiger partial charge >= 0.3 is 11.9 Å². The quantitative estimate of drug-likeness (QED) is 0.443. The number of ether oxygens (including phenoxy) is 1. The molecule has 1 amide bonds. The van der Waals surface area contributed by atoms with Gasteiger partial charge in [-0.1, -0.05) is 53.9 Å². The van der Waals surface area contributed by atoms with E-state index in [4.69, 9.17) is 10.8 Å². The molecule has 0 unspecified atom stereocenters. The lowest BCUT2D eigenvalue weighted by molar-refractivity contribution is -0.138. The molecule has 0 spiro atoms. The summed E-state index contributed by atoms with van der Waals surface area (Å²) in [5, 5.41) is 7.60. The van der Waals surface area contributed by atoms with E-state index >= 15 is 0 Å². The topological polar surface area (TPSA) is 107 Å². The Morgan fingerprint density at radius 3 is 1.78 bits per heavy atom. The zero-order valence-electron chi connectivity index (χ0n) is 14.6. The SMILES string of the molecule is C=C(C(N)=O)C(C)(C)C.C=CC(=O)O.C=CC(=O)OCCCC. The molecule has 0 aromatic rings. The number of primary amides is 1. The van der Waals surface area contributed by atoms with Crippen LogP contribution in [0.1, 0.15) is 40.5 Å². The second-order valence-electron chi connectivity index (χ2n) is 5.36. The third kappa shape index (κ3) is 22.1. The molecule has 0 aromatic heterocycles. The van der Waals surface area contributed by atoms with Crippen LogP contribution in [0.2, 0.25) is 0 Å². The van der Waals surface area contributed by atoms with Gasteiger partial charge in [0.1, 0.15) is 0 Å². The first-order valence-corrected chi connectivity index (χ1v) is 7.07. The summed E-state index contributed by atoms with van der Waals surface area (Å²) >= 11 is 0. The van der Waals surface area contributed by atoms with Crippen LogP contribution in [-0.2, 0) is 19.1 Å². The number of nitrogens with two attached hydrogens (primary N) is 1. The molecule has 0 rings (SSSR count). The fourth-order valence-electron chi connectivity index (χ4n) is 0.746. The molecular formula is C17H29NO5. The maximum absolute atomic E-state index is 10.5. The number of hydrogen-bond donors (Lipinski definition) is 2. The Morgan fingerprint density at radius 1 is 1.17 bits per heavy atom. The molecule has 0 aliphatic rings. The van der Waals surface area contributed by atoms with Gasteiger partial charge in [-0.05, 0) is 11.8 Å². The molecule has 0 heterocycles. The monoisotopic (exact) mass is 327 g/mol. The number of carbonyl (C=O) groups excluding carboxylic acids is 2. The van der Waals surface area contributed by atoms with Gasteiger partial charge in [0.15, 0.2) is 0 Å². The van der Waals surface area contributed by atoms with Crippen molar-refractivity contribution < 1.29 is 24.2 Å². The number of unbranched alkanes of at least 4 members (excludes halogenated alkanes) is 1. The lowest BCUT2D eigenvalue weighted by Crippen LogP contribution is -2.23. The molecule has 6 heteroatoms. The van der Waals surface area contributed by atoms with Crippen molar-refractivity contribution in [1.29, 1.82) is 0 Å². The molecule has 0 aliphatic carbocycles. The average molecular weight is 327 g/mol. The summed E-state index contributed by atoms with van der Waals surface area (Å²) in [6.07, 6.45) is 3.99. The standard InChI is InChI=1S/C7H13NO.C7H12O2.C3H4O2/c1-5(6(8)9)7(2,3)4;1-3-5-6-9-7(8)4-2;1-2-3(4)5/h1H2,2-4H3,(H2,8,9);4H,2-3,5-6H2,1H3;2H,1H2,(H,4,5). The van der Waals surface area contributed by atoms with Gasteiger partial charge in [-0.2, -0.15) is 0 Å². The predicted molar refractivity (Wildman–Crippen MR) is 91.7 cm³/mol. The third-order valence-electron chi connectivity index (χ3n) is 2.29. The summed E-state index contributed by atoms with van der Waals surface area (Å²) in [5.74, 6) is -1.73. The second-order valence-corrected chi connectivity index (χ2v) is 5.36. The molecule has 132 valence electrons. The fraction of sp³-hybridized carbons (Fsp3) is 0.471. The van der Waals surface area contributed by atoms with Gasteiger partial charge in [-0.3, -0.25) is 4.79 Å². The first kappa shape index (κ1) is 25.6. The average Bonchev–Trinajstić information content (AvgIpc) is 2.46. The zero-order valence-corrected chi connectivity index (χ0v) is 14.6. The van der Waals surface area contributed by atoms with E-state index in [1.54, 1.807) is 0 Å². The summed E-state index contributed by atoms with van der Waals surface area (Å²) in [5.41, 5.74) is 5.27. The van der Waals surface area contributed by atoms with Crippen molar-refractivity contribution in [3.8, 4) is 0 Å². The Hall–Kier alpha value is -2.37. The summed E-state index contributed by atoms with van der Waals surface area (Å²) in [4.78, 5) is 30.1. The van der Waals surface area contributed by atoms with E-state index < -0.39 is 11.9 Å². The minimum atomic E-state index is -0.981. The van der Waals surface area contributed by atoms with Crippen LogP contribution in [0.4, 0.5) is 0 Å². The lowest BCUT2D eigenvalue weighted by Gasteiger charge is -2.17. The first-order chi connectivity index (χ1) is 10.4. The Kier molecular flexibility index (Phi) is 16.2. The highest BCUT2D eigenvalue weighted by Crippen LogP contribution is 2.22. The second kappa shape index (κ2) is 14.6. The number of carboxylic acids is 1. The van der Waals surface area contributed by atoms with Crippen LogP contribution < -0.4 is 5.73 Å². The van der Waals surface area contributed by atoms with Crippen LogP contribution in [0.25, 0.3) is 0 Å². The number of amides is 1. The molecule has 0 atom stereocenters. The molecule has 23 heavy (non-hydrogen) atoms. The Balaban J connectivity index is -0.000000273. The van der Waals surface area contributed by atoms with E-state index in [0.717, 1.165) is 18.9 Å². The Bertz CT molecular complexity index is 419. The van der Waals surface area contributed by atoms with Gasteiger partial charge in [-0.15, -0.1) is 0 Å². The van der Waals surface area contributed by atoms with E-state index in [1.807, 2.05) is 27.7 Å². The van der Waals surface area contributed by atoms with E-state index in [9.17, 15) is 14.4 Å². The molecular weight excluding hydrogens is 298 g/mol. The highest BCUT2D eigenvalue weighted by atomic mass is 16.5. The zero-order chi connectivity index (χ0) is 19.1. The molecule has 0 radical (unpaired) electrons.